The summed E-state index contributed by atoms with van der Waals surface area (Å²) in [7, 11) is 0. The van der Waals surface area contributed by atoms with Crippen LogP contribution < -0.4 is 0 Å². The Bertz CT molecular complexity index is 683. The van der Waals surface area contributed by atoms with Gasteiger partial charge in [-0.15, -0.1) is 10.2 Å². The summed E-state index contributed by atoms with van der Waals surface area (Å²) in [6, 6.07) is 7.38. The Labute approximate surface area is 133 Å². The summed E-state index contributed by atoms with van der Waals surface area (Å²) in [5, 5.41) is 18.4. The van der Waals surface area contributed by atoms with E-state index in [0.717, 1.165) is 24.2 Å². The number of aromatic nitrogens is 3. The predicted octanol–water partition coefficient (Wildman–Crippen LogP) is 3.10. The SMILES string of the molecule is Cc1nnc(C2CCCN2C(=O)O)n1Cc1ccc(Cl)cc1. The summed E-state index contributed by atoms with van der Waals surface area (Å²) in [5.41, 5.74) is 1.08. The summed E-state index contributed by atoms with van der Waals surface area (Å²) in [6.07, 6.45) is 0.732. The molecule has 22 heavy (non-hydrogen) atoms. The average Bonchev–Trinajstić information content (AvgIpc) is 3.09. The highest BCUT2D eigenvalue weighted by Gasteiger charge is 2.33. The fraction of sp³-hybridized carbons (Fsp3) is 0.400. The standard InChI is InChI=1S/C15H17ClN4O2/c1-10-17-18-14(13-3-2-8-19(13)15(21)22)20(10)9-11-4-6-12(16)7-5-11/h4-7,13H,2-3,8-9H2,1H3,(H,21,22). The largest absolute Gasteiger partial charge is 0.465 e. The number of rotatable bonds is 3. The van der Waals surface area contributed by atoms with E-state index >= 15 is 0 Å². The van der Waals surface area contributed by atoms with Gasteiger partial charge in [-0.1, -0.05) is 23.7 Å². The molecule has 0 aliphatic carbocycles. The van der Waals surface area contributed by atoms with Gasteiger partial charge in [-0.25, -0.2) is 4.79 Å². The van der Waals surface area contributed by atoms with Gasteiger partial charge in [0.25, 0.3) is 0 Å². The van der Waals surface area contributed by atoms with Gasteiger partial charge >= 0.3 is 6.09 Å². The number of halogens is 1. The number of benzene rings is 1. The number of nitrogens with zero attached hydrogens (tertiary/aromatic N) is 4. The van der Waals surface area contributed by atoms with Crippen LogP contribution in [0.25, 0.3) is 0 Å². The fourth-order valence-corrected chi connectivity index (χ4v) is 3.00. The van der Waals surface area contributed by atoms with Gasteiger partial charge in [-0.05, 0) is 37.5 Å². The number of hydrogen-bond donors (Lipinski definition) is 1. The maximum atomic E-state index is 11.4. The van der Waals surface area contributed by atoms with Crippen LogP contribution in [0.1, 0.15) is 36.1 Å². The zero-order valence-electron chi connectivity index (χ0n) is 12.2. The lowest BCUT2D eigenvalue weighted by Gasteiger charge is -2.21. The van der Waals surface area contributed by atoms with Crippen molar-refractivity contribution in [3.63, 3.8) is 0 Å². The highest BCUT2D eigenvalue weighted by Crippen LogP contribution is 2.31. The van der Waals surface area contributed by atoms with Crippen LogP contribution in [-0.2, 0) is 6.54 Å². The first-order valence-corrected chi connectivity index (χ1v) is 7.58. The van der Waals surface area contributed by atoms with E-state index in [2.05, 4.69) is 10.2 Å². The van der Waals surface area contributed by atoms with E-state index in [1.165, 1.54) is 4.90 Å². The summed E-state index contributed by atoms with van der Waals surface area (Å²) < 4.78 is 1.98. The first-order chi connectivity index (χ1) is 10.6. The molecular formula is C15H17ClN4O2. The van der Waals surface area contributed by atoms with Gasteiger partial charge in [0, 0.05) is 11.6 Å². The lowest BCUT2D eigenvalue weighted by Crippen LogP contribution is -2.30. The van der Waals surface area contributed by atoms with E-state index in [1.54, 1.807) is 0 Å². The van der Waals surface area contributed by atoms with Crippen LogP contribution in [0.4, 0.5) is 4.79 Å². The Morgan fingerprint density at radius 1 is 1.36 bits per heavy atom. The highest BCUT2D eigenvalue weighted by molar-refractivity contribution is 6.30. The lowest BCUT2D eigenvalue weighted by atomic mass is 10.2. The molecule has 2 heterocycles. The maximum absolute atomic E-state index is 11.4. The molecule has 3 rings (SSSR count). The van der Waals surface area contributed by atoms with Gasteiger partial charge in [0.1, 0.15) is 5.82 Å². The summed E-state index contributed by atoms with van der Waals surface area (Å²) >= 11 is 5.91. The molecule has 0 bridgehead atoms. The summed E-state index contributed by atoms with van der Waals surface area (Å²) in [6.45, 7) is 3.04. The molecule has 1 aliphatic heterocycles. The number of hydrogen-bond acceptors (Lipinski definition) is 3. The van der Waals surface area contributed by atoms with E-state index in [4.69, 9.17) is 11.6 Å². The topological polar surface area (TPSA) is 71.2 Å². The highest BCUT2D eigenvalue weighted by atomic mass is 35.5. The number of carboxylic acid groups (broad SMARTS) is 1. The zero-order valence-corrected chi connectivity index (χ0v) is 13.0. The van der Waals surface area contributed by atoms with Crippen LogP contribution in [0.3, 0.4) is 0 Å². The van der Waals surface area contributed by atoms with Gasteiger partial charge in [0.2, 0.25) is 0 Å². The van der Waals surface area contributed by atoms with Crippen LogP contribution in [0.15, 0.2) is 24.3 Å². The van der Waals surface area contributed by atoms with E-state index in [9.17, 15) is 9.90 Å². The van der Waals surface area contributed by atoms with Crippen molar-refractivity contribution in [2.24, 2.45) is 0 Å². The third-order valence-corrected chi connectivity index (χ3v) is 4.27. The summed E-state index contributed by atoms with van der Waals surface area (Å²) in [5.74, 6) is 1.49. The van der Waals surface area contributed by atoms with Crippen molar-refractivity contribution < 1.29 is 9.90 Å². The molecular weight excluding hydrogens is 304 g/mol. The number of aryl methyl sites for hydroxylation is 1. The molecule has 7 heteroatoms. The molecule has 1 atom stereocenters. The Hall–Kier alpha value is -2.08. The molecule has 1 N–H and O–H groups in total. The van der Waals surface area contributed by atoms with E-state index in [0.29, 0.717) is 23.9 Å². The van der Waals surface area contributed by atoms with Crippen molar-refractivity contribution in [2.75, 3.05) is 6.54 Å². The van der Waals surface area contributed by atoms with Gasteiger partial charge in [0.05, 0.1) is 12.6 Å². The van der Waals surface area contributed by atoms with Crippen molar-refractivity contribution in [3.8, 4) is 0 Å². The molecule has 2 aromatic rings. The predicted molar refractivity (Wildman–Crippen MR) is 82.0 cm³/mol. The fourth-order valence-electron chi connectivity index (χ4n) is 2.88. The van der Waals surface area contributed by atoms with Crippen LogP contribution in [0, 0.1) is 6.92 Å². The molecule has 1 saturated heterocycles. The van der Waals surface area contributed by atoms with E-state index in [1.807, 2.05) is 35.8 Å². The van der Waals surface area contributed by atoms with Crippen LogP contribution in [-0.4, -0.2) is 37.4 Å². The van der Waals surface area contributed by atoms with Gasteiger partial charge in [0.15, 0.2) is 5.82 Å². The lowest BCUT2D eigenvalue weighted by molar-refractivity contribution is 0.138. The Kier molecular flexibility index (Phi) is 4.02. The van der Waals surface area contributed by atoms with Crippen molar-refractivity contribution >= 4 is 17.7 Å². The quantitative estimate of drug-likeness (QED) is 0.943. The van der Waals surface area contributed by atoms with Crippen molar-refractivity contribution in [2.45, 2.75) is 32.4 Å². The maximum Gasteiger partial charge on any atom is 0.407 e. The van der Waals surface area contributed by atoms with Crippen molar-refractivity contribution in [1.82, 2.24) is 19.7 Å². The van der Waals surface area contributed by atoms with Gasteiger partial charge < -0.3 is 9.67 Å². The molecule has 6 nitrogen and oxygen atoms in total. The smallest absolute Gasteiger partial charge is 0.407 e. The van der Waals surface area contributed by atoms with Crippen LogP contribution >= 0.6 is 11.6 Å². The second-order valence-corrected chi connectivity index (χ2v) is 5.89. The third-order valence-electron chi connectivity index (χ3n) is 4.01. The second-order valence-electron chi connectivity index (χ2n) is 5.45. The molecule has 0 saturated carbocycles. The Balaban J connectivity index is 1.90. The number of amides is 1. The molecule has 0 radical (unpaired) electrons. The Morgan fingerprint density at radius 3 is 2.77 bits per heavy atom. The zero-order chi connectivity index (χ0) is 15.7. The molecule has 116 valence electrons. The molecule has 1 aromatic carbocycles. The first kappa shape index (κ1) is 14.8. The minimum atomic E-state index is -0.902. The molecule has 1 aromatic heterocycles. The van der Waals surface area contributed by atoms with Crippen molar-refractivity contribution in [3.05, 3.63) is 46.5 Å². The van der Waals surface area contributed by atoms with Gasteiger partial charge in [-0.2, -0.15) is 0 Å². The average molecular weight is 321 g/mol. The summed E-state index contributed by atoms with van der Waals surface area (Å²) in [4.78, 5) is 12.8. The minimum Gasteiger partial charge on any atom is -0.465 e. The molecule has 1 amide bonds. The normalized spacial score (nSPS) is 17.9. The minimum absolute atomic E-state index is 0.217. The third kappa shape index (κ3) is 2.78. The molecule has 1 unspecified atom stereocenters. The molecule has 1 fully saturated rings. The second kappa shape index (κ2) is 5.96. The monoisotopic (exact) mass is 320 g/mol. The van der Waals surface area contributed by atoms with Crippen LogP contribution in [0.5, 0.6) is 0 Å². The van der Waals surface area contributed by atoms with Crippen molar-refractivity contribution in [1.29, 1.82) is 0 Å². The molecule has 0 spiro atoms. The van der Waals surface area contributed by atoms with E-state index < -0.39 is 6.09 Å². The number of likely N-dealkylation sites (tertiary alicyclic amines) is 1. The number of carbonyl (C=O) groups is 1. The Morgan fingerprint density at radius 2 is 2.09 bits per heavy atom. The first-order valence-electron chi connectivity index (χ1n) is 7.20. The van der Waals surface area contributed by atoms with Gasteiger partial charge in [-0.3, -0.25) is 4.90 Å². The molecule has 1 aliphatic rings. The van der Waals surface area contributed by atoms with Crippen LogP contribution in [0.2, 0.25) is 5.02 Å². The van der Waals surface area contributed by atoms with E-state index in [-0.39, 0.29) is 6.04 Å².